The number of anilines is 2. The van der Waals surface area contributed by atoms with Crippen LogP contribution in [0.4, 0.5) is 16.2 Å². The summed E-state index contributed by atoms with van der Waals surface area (Å²) in [7, 11) is 1.58. The number of fused-ring (bicyclic) bond motifs is 3. The van der Waals surface area contributed by atoms with E-state index in [0.717, 1.165) is 35.6 Å². The molecule has 0 saturated heterocycles. The van der Waals surface area contributed by atoms with Crippen molar-refractivity contribution in [2.75, 3.05) is 30.5 Å². The van der Waals surface area contributed by atoms with Crippen molar-refractivity contribution < 1.29 is 14.3 Å². The Bertz CT molecular complexity index is 1030. The van der Waals surface area contributed by atoms with Gasteiger partial charge in [-0.25, -0.2) is 9.78 Å². The Morgan fingerprint density at radius 1 is 1.25 bits per heavy atom. The fraction of sp³-hybridized carbons (Fsp3) is 0.300. The summed E-state index contributed by atoms with van der Waals surface area (Å²) in [6.07, 6.45) is -0.501. The number of benzene rings is 2. The van der Waals surface area contributed by atoms with Gasteiger partial charge in [-0.2, -0.15) is 0 Å². The summed E-state index contributed by atoms with van der Waals surface area (Å²) in [5, 5.41) is 3.39. The molecule has 8 heteroatoms. The highest BCUT2D eigenvalue weighted by molar-refractivity contribution is 6.31. The van der Waals surface area contributed by atoms with Gasteiger partial charge in [-0.3, -0.25) is 5.32 Å². The normalized spacial score (nSPS) is 13.3. The predicted octanol–water partition coefficient (Wildman–Crippen LogP) is 4.29. The summed E-state index contributed by atoms with van der Waals surface area (Å²) in [6, 6.07) is 11.5. The van der Waals surface area contributed by atoms with Crippen LogP contribution in [0, 0.1) is 0 Å². The predicted molar refractivity (Wildman–Crippen MR) is 109 cm³/mol. The van der Waals surface area contributed by atoms with Crippen molar-refractivity contribution in [3.8, 4) is 5.75 Å². The summed E-state index contributed by atoms with van der Waals surface area (Å²) in [5.41, 5.74) is 3.59. The van der Waals surface area contributed by atoms with Gasteiger partial charge < -0.3 is 18.9 Å². The average Bonchev–Trinajstić information content (AvgIpc) is 3.04. The van der Waals surface area contributed by atoms with Crippen LogP contribution in [0.25, 0.3) is 11.0 Å². The van der Waals surface area contributed by atoms with Crippen molar-refractivity contribution in [2.24, 2.45) is 0 Å². The Morgan fingerprint density at radius 2 is 2.11 bits per heavy atom. The molecule has 1 N–H and O–H groups in total. The van der Waals surface area contributed by atoms with Crippen LogP contribution in [-0.4, -0.2) is 35.9 Å². The molecule has 3 aromatic rings. The molecule has 0 atom stereocenters. The third kappa shape index (κ3) is 3.45. The summed E-state index contributed by atoms with van der Waals surface area (Å²) >= 11 is 6.10. The third-order valence-electron chi connectivity index (χ3n) is 4.78. The number of hydrogen-bond acceptors (Lipinski definition) is 5. The number of methoxy groups -OCH3 is 1. The Morgan fingerprint density at radius 3 is 2.89 bits per heavy atom. The lowest BCUT2D eigenvalue weighted by atomic mass is 10.2. The second kappa shape index (κ2) is 7.59. The second-order valence-corrected chi connectivity index (χ2v) is 6.90. The van der Waals surface area contributed by atoms with Crippen LogP contribution < -0.4 is 15.0 Å². The number of halogens is 1. The number of nitrogens with one attached hydrogen (secondary N) is 1. The number of carbonyl (C=O) groups excluding carboxylic acids is 1. The maximum absolute atomic E-state index is 11.7. The van der Waals surface area contributed by atoms with Gasteiger partial charge in [0.1, 0.15) is 11.6 Å². The maximum atomic E-state index is 11.7. The number of hydrogen-bond donors (Lipinski definition) is 1. The van der Waals surface area contributed by atoms with Gasteiger partial charge in [0, 0.05) is 29.9 Å². The molecule has 0 unspecified atom stereocenters. The van der Waals surface area contributed by atoms with Crippen molar-refractivity contribution in [3.63, 3.8) is 0 Å². The van der Waals surface area contributed by atoms with Crippen LogP contribution in [-0.2, 0) is 17.8 Å². The zero-order chi connectivity index (χ0) is 19.7. The summed E-state index contributed by atoms with van der Waals surface area (Å²) in [4.78, 5) is 18.7. The lowest BCUT2D eigenvalue weighted by Crippen LogP contribution is -2.33. The standard InChI is InChI=1S/C20H21ClN4O3/c1-3-28-20(26)23-15-6-5-14(11-18(15)27-2)24-8-9-25-17-7-4-13(21)10-16(17)22-19(25)12-24/h4-7,10-11H,3,8-9,12H2,1-2H3,(H,23,26). The minimum absolute atomic E-state index is 0.312. The first-order chi connectivity index (χ1) is 13.6. The molecule has 0 spiro atoms. The third-order valence-corrected chi connectivity index (χ3v) is 5.01. The fourth-order valence-electron chi connectivity index (χ4n) is 3.47. The van der Waals surface area contributed by atoms with Crippen LogP contribution in [0.3, 0.4) is 0 Å². The Hall–Kier alpha value is -2.93. The zero-order valence-corrected chi connectivity index (χ0v) is 16.5. The lowest BCUT2D eigenvalue weighted by Gasteiger charge is -2.30. The molecule has 0 radical (unpaired) electrons. The maximum Gasteiger partial charge on any atom is 0.411 e. The zero-order valence-electron chi connectivity index (χ0n) is 15.7. The van der Waals surface area contributed by atoms with Gasteiger partial charge in [0.05, 0.1) is 37.0 Å². The number of aromatic nitrogens is 2. The van der Waals surface area contributed by atoms with Crippen molar-refractivity contribution in [2.45, 2.75) is 20.0 Å². The average molecular weight is 401 g/mol. The van der Waals surface area contributed by atoms with Gasteiger partial charge >= 0.3 is 6.09 Å². The highest BCUT2D eigenvalue weighted by atomic mass is 35.5. The van der Waals surface area contributed by atoms with Crippen LogP contribution in [0.1, 0.15) is 12.7 Å². The fourth-order valence-corrected chi connectivity index (χ4v) is 3.64. The topological polar surface area (TPSA) is 68.6 Å². The molecule has 28 heavy (non-hydrogen) atoms. The van der Waals surface area contributed by atoms with Gasteiger partial charge in [0.25, 0.3) is 0 Å². The smallest absolute Gasteiger partial charge is 0.411 e. The molecular formula is C20H21ClN4O3. The number of nitrogens with zero attached hydrogens (tertiary/aromatic N) is 3. The first-order valence-corrected chi connectivity index (χ1v) is 9.48. The Balaban J connectivity index is 1.58. The number of rotatable bonds is 4. The molecule has 0 bridgehead atoms. The quantitative estimate of drug-likeness (QED) is 0.707. The molecular weight excluding hydrogens is 380 g/mol. The van der Waals surface area contributed by atoms with E-state index >= 15 is 0 Å². The van der Waals surface area contributed by atoms with Crippen LogP contribution in [0.2, 0.25) is 5.02 Å². The SMILES string of the molecule is CCOC(=O)Nc1ccc(N2CCn3c(nc4cc(Cl)ccc43)C2)cc1OC. The van der Waals surface area contributed by atoms with Crippen molar-refractivity contribution in [3.05, 3.63) is 47.2 Å². The molecule has 0 fully saturated rings. The lowest BCUT2D eigenvalue weighted by molar-refractivity contribution is 0.168. The summed E-state index contributed by atoms with van der Waals surface area (Å²) in [6.45, 7) is 4.43. The van der Waals surface area contributed by atoms with E-state index < -0.39 is 6.09 Å². The first kappa shape index (κ1) is 18.4. The van der Waals surface area contributed by atoms with Crippen LogP contribution >= 0.6 is 11.6 Å². The molecule has 146 valence electrons. The van der Waals surface area contributed by atoms with Crippen molar-refractivity contribution >= 4 is 40.1 Å². The van der Waals surface area contributed by atoms with Gasteiger partial charge in [-0.1, -0.05) is 11.6 Å². The number of ether oxygens (including phenoxy) is 2. The van der Waals surface area contributed by atoms with E-state index in [1.54, 1.807) is 14.0 Å². The molecule has 1 aliphatic rings. The van der Waals surface area contributed by atoms with E-state index in [2.05, 4.69) is 14.8 Å². The Kier molecular flexibility index (Phi) is 5.00. The van der Waals surface area contributed by atoms with Crippen molar-refractivity contribution in [1.82, 2.24) is 9.55 Å². The molecule has 7 nitrogen and oxygen atoms in total. The number of imidazole rings is 1. The van der Waals surface area contributed by atoms with E-state index in [-0.39, 0.29) is 0 Å². The molecule has 1 aromatic heterocycles. The number of carbonyl (C=O) groups is 1. The van der Waals surface area contributed by atoms with Gasteiger partial charge in [0.2, 0.25) is 0 Å². The molecule has 1 amide bonds. The van der Waals surface area contributed by atoms with E-state index in [1.165, 1.54) is 0 Å². The van der Waals surface area contributed by atoms with Crippen LogP contribution in [0.5, 0.6) is 5.75 Å². The highest BCUT2D eigenvalue weighted by Gasteiger charge is 2.21. The van der Waals surface area contributed by atoms with Crippen molar-refractivity contribution in [1.29, 1.82) is 0 Å². The molecule has 0 saturated carbocycles. The van der Waals surface area contributed by atoms with Gasteiger partial charge in [0.15, 0.2) is 0 Å². The molecule has 2 aromatic carbocycles. The Labute approximate surface area is 167 Å². The van der Waals surface area contributed by atoms with E-state index in [1.807, 2.05) is 36.4 Å². The first-order valence-electron chi connectivity index (χ1n) is 9.10. The summed E-state index contributed by atoms with van der Waals surface area (Å²) < 4.78 is 12.6. The van der Waals surface area contributed by atoms with Gasteiger partial charge in [-0.05, 0) is 37.3 Å². The summed E-state index contributed by atoms with van der Waals surface area (Å²) in [5.74, 6) is 1.58. The highest BCUT2D eigenvalue weighted by Crippen LogP contribution is 2.32. The molecule has 0 aliphatic carbocycles. The van der Waals surface area contributed by atoms with Crippen LogP contribution in [0.15, 0.2) is 36.4 Å². The largest absolute Gasteiger partial charge is 0.494 e. The molecule has 1 aliphatic heterocycles. The number of amides is 1. The second-order valence-electron chi connectivity index (χ2n) is 6.46. The van der Waals surface area contributed by atoms with E-state index in [0.29, 0.717) is 29.6 Å². The molecule has 2 heterocycles. The van der Waals surface area contributed by atoms with E-state index in [9.17, 15) is 4.79 Å². The van der Waals surface area contributed by atoms with E-state index in [4.69, 9.17) is 26.1 Å². The van der Waals surface area contributed by atoms with Gasteiger partial charge in [-0.15, -0.1) is 0 Å². The minimum atomic E-state index is -0.501. The molecule has 4 rings (SSSR count). The minimum Gasteiger partial charge on any atom is -0.494 e. The monoisotopic (exact) mass is 400 g/mol.